The fourth-order valence-electron chi connectivity index (χ4n) is 2.53. The molecule has 27 heavy (non-hydrogen) atoms. The van der Waals surface area contributed by atoms with E-state index in [0.29, 0.717) is 24.5 Å². The monoisotopic (exact) mass is 364 g/mol. The Morgan fingerprint density at radius 2 is 1.81 bits per heavy atom. The van der Waals surface area contributed by atoms with Gasteiger partial charge in [-0.15, -0.1) is 0 Å². The second-order valence-electron chi connectivity index (χ2n) is 5.85. The molecule has 7 nitrogen and oxygen atoms in total. The zero-order valence-corrected chi connectivity index (χ0v) is 14.9. The van der Waals surface area contributed by atoms with Gasteiger partial charge in [-0.2, -0.15) is 0 Å². The van der Waals surface area contributed by atoms with Gasteiger partial charge < -0.3 is 20.7 Å². The van der Waals surface area contributed by atoms with Gasteiger partial charge in [0.05, 0.1) is 12.1 Å². The summed E-state index contributed by atoms with van der Waals surface area (Å²) in [7, 11) is 0. The standard InChI is InChI=1S/C20H20N4O3/c1-14(25)23-16-5-2-6-17(13-16)24-20(26)22-10-11-27-18-7-8-19-15(12-18)4-3-9-21-19/h2-9,12-13H,10-11H2,1H3,(H,23,25)(H2,22,24,26). The van der Waals surface area contributed by atoms with Crippen molar-refractivity contribution in [3.63, 3.8) is 0 Å². The molecule has 3 rings (SSSR count). The minimum Gasteiger partial charge on any atom is -0.492 e. The number of carbonyl (C=O) groups excluding carboxylic acids is 2. The second kappa shape index (κ2) is 8.66. The van der Waals surface area contributed by atoms with E-state index >= 15 is 0 Å². The summed E-state index contributed by atoms with van der Waals surface area (Å²) in [5.41, 5.74) is 2.11. The number of fused-ring (bicyclic) bond motifs is 1. The Labute approximate surface area is 156 Å². The largest absolute Gasteiger partial charge is 0.492 e. The predicted octanol–water partition coefficient (Wildman–Crippen LogP) is 3.39. The van der Waals surface area contributed by atoms with E-state index < -0.39 is 0 Å². The molecular formula is C20H20N4O3. The van der Waals surface area contributed by atoms with Gasteiger partial charge in [0.1, 0.15) is 12.4 Å². The Kier molecular flexibility index (Phi) is 5.84. The summed E-state index contributed by atoms with van der Waals surface area (Å²) in [5.74, 6) is 0.555. The number of benzene rings is 2. The molecule has 2 aromatic carbocycles. The second-order valence-corrected chi connectivity index (χ2v) is 5.85. The van der Waals surface area contributed by atoms with Gasteiger partial charge in [-0.05, 0) is 42.5 Å². The molecule has 0 aliphatic heterocycles. The number of amides is 3. The maximum absolute atomic E-state index is 12.0. The highest BCUT2D eigenvalue weighted by Gasteiger charge is 2.03. The van der Waals surface area contributed by atoms with Gasteiger partial charge in [0.2, 0.25) is 5.91 Å². The summed E-state index contributed by atoms with van der Waals surface area (Å²) in [4.78, 5) is 27.3. The van der Waals surface area contributed by atoms with Crippen molar-refractivity contribution in [3.05, 3.63) is 60.8 Å². The number of hydrogen-bond donors (Lipinski definition) is 3. The molecule has 0 aliphatic rings. The first-order valence-corrected chi connectivity index (χ1v) is 8.50. The van der Waals surface area contributed by atoms with E-state index in [9.17, 15) is 9.59 Å². The van der Waals surface area contributed by atoms with Gasteiger partial charge in [0.15, 0.2) is 0 Å². The summed E-state index contributed by atoms with van der Waals surface area (Å²) < 4.78 is 5.66. The van der Waals surface area contributed by atoms with E-state index in [2.05, 4.69) is 20.9 Å². The number of anilines is 2. The number of hydrogen-bond acceptors (Lipinski definition) is 4. The molecule has 0 bridgehead atoms. The summed E-state index contributed by atoms with van der Waals surface area (Å²) >= 11 is 0. The number of ether oxygens (including phenoxy) is 1. The Morgan fingerprint density at radius 3 is 2.63 bits per heavy atom. The molecule has 1 heterocycles. The van der Waals surface area contributed by atoms with E-state index in [1.165, 1.54) is 6.92 Å². The van der Waals surface area contributed by atoms with E-state index in [1.54, 1.807) is 30.5 Å². The maximum Gasteiger partial charge on any atom is 0.319 e. The third-order valence-electron chi connectivity index (χ3n) is 3.67. The van der Waals surface area contributed by atoms with Crippen molar-refractivity contribution in [2.45, 2.75) is 6.92 Å². The van der Waals surface area contributed by atoms with Crippen LogP contribution in [0.25, 0.3) is 10.9 Å². The highest BCUT2D eigenvalue weighted by molar-refractivity contribution is 5.92. The van der Waals surface area contributed by atoms with E-state index in [4.69, 9.17) is 4.74 Å². The van der Waals surface area contributed by atoms with E-state index in [0.717, 1.165) is 16.7 Å². The van der Waals surface area contributed by atoms with Gasteiger partial charge in [0.25, 0.3) is 0 Å². The summed E-state index contributed by atoms with van der Waals surface area (Å²) in [6, 6.07) is 16.1. The Morgan fingerprint density at radius 1 is 1.00 bits per heavy atom. The molecule has 0 atom stereocenters. The fraction of sp³-hybridized carbons (Fsp3) is 0.150. The highest BCUT2D eigenvalue weighted by atomic mass is 16.5. The molecule has 0 aliphatic carbocycles. The van der Waals surface area contributed by atoms with Crippen LogP contribution in [-0.2, 0) is 4.79 Å². The molecular weight excluding hydrogens is 344 g/mol. The number of nitrogens with one attached hydrogen (secondary N) is 3. The molecule has 0 fully saturated rings. The zero-order chi connectivity index (χ0) is 19.1. The lowest BCUT2D eigenvalue weighted by Crippen LogP contribution is -2.32. The lowest BCUT2D eigenvalue weighted by Gasteiger charge is -2.10. The van der Waals surface area contributed by atoms with Crippen molar-refractivity contribution in [2.24, 2.45) is 0 Å². The maximum atomic E-state index is 12.0. The lowest BCUT2D eigenvalue weighted by molar-refractivity contribution is -0.114. The topological polar surface area (TPSA) is 92.4 Å². The van der Waals surface area contributed by atoms with Crippen molar-refractivity contribution in [2.75, 3.05) is 23.8 Å². The summed E-state index contributed by atoms with van der Waals surface area (Å²) in [6.07, 6.45) is 1.75. The third-order valence-corrected chi connectivity index (χ3v) is 3.67. The molecule has 0 spiro atoms. The smallest absolute Gasteiger partial charge is 0.319 e. The first kappa shape index (κ1) is 18.2. The van der Waals surface area contributed by atoms with Gasteiger partial charge in [-0.25, -0.2) is 4.79 Å². The van der Waals surface area contributed by atoms with Gasteiger partial charge in [-0.3, -0.25) is 9.78 Å². The first-order valence-electron chi connectivity index (χ1n) is 8.50. The van der Waals surface area contributed by atoms with Crippen LogP contribution in [0.3, 0.4) is 0 Å². The minimum absolute atomic E-state index is 0.168. The van der Waals surface area contributed by atoms with Crippen LogP contribution >= 0.6 is 0 Å². The number of aromatic nitrogens is 1. The molecule has 7 heteroatoms. The molecule has 3 N–H and O–H groups in total. The normalized spacial score (nSPS) is 10.3. The molecule has 3 aromatic rings. The van der Waals surface area contributed by atoms with Crippen LogP contribution in [0, 0.1) is 0 Å². The number of rotatable bonds is 6. The van der Waals surface area contributed by atoms with E-state index in [-0.39, 0.29) is 11.9 Å². The van der Waals surface area contributed by atoms with Gasteiger partial charge >= 0.3 is 6.03 Å². The Hall–Kier alpha value is -3.61. The highest BCUT2D eigenvalue weighted by Crippen LogP contribution is 2.18. The number of urea groups is 1. The van der Waals surface area contributed by atoms with Crippen LogP contribution in [0.5, 0.6) is 5.75 Å². The van der Waals surface area contributed by atoms with Crippen LogP contribution in [0.4, 0.5) is 16.2 Å². The molecule has 0 unspecified atom stereocenters. The quantitative estimate of drug-likeness (QED) is 0.585. The Balaban J connectivity index is 1.44. The molecule has 3 amide bonds. The van der Waals surface area contributed by atoms with Gasteiger partial charge in [0, 0.05) is 29.9 Å². The first-order chi connectivity index (χ1) is 13.1. The van der Waals surface area contributed by atoms with E-state index in [1.807, 2.05) is 30.3 Å². The van der Waals surface area contributed by atoms with Crippen LogP contribution in [0.1, 0.15) is 6.92 Å². The van der Waals surface area contributed by atoms with Crippen LogP contribution in [0.2, 0.25) is 0 Å². The summed E-state index contributed by atoms with van der Waals surface area (Å²) in [6.45, 7) is 2.12. The van der Waals surface area contributed by atoms with Crippen molar-refractivity contribution in [1.82, 2.24) is 10.3 Å². The average Bonchev–Trinajstić information content (AvgIpc) is 2.65. The Bertz CT molecular complexity index is 959. The SMILES string of the molecule is CC(=O)Nc1cccc(NC(=O)NCCOc2ccc3ncccc3c2)c1. The molecule has 0 radical (unpaired) electrons. The number of carbonyl (C=O) groups is 2. The van der Waals surface area contributed by atoms with Crippen LogP contribution in [-0.4, -0.2) is 30.1 Å². The lowest BCUT2D eigenvalue weighted by atomic mass is 10.2. The van der Waals surface area contributed by atoms with Crippen molar-refractivity contribution >= 4 is 34.2 Å². The fourth-order valence-corrected chi connectivity index (χ4v) is 2.53. The molecule has 1 aromatic heterocycles. The van der Waals surface area contributed by atoms with Gasteiger partial charge in [-0.1, -0.05) is 12.1 Å². The van der Waals surface area contributed by atoms with Crippen LogP contribution < -0.4 is 20.7 Å². The number of pyridine rings is 1. The molecule has 0 saturated carbocycles. The predicted molar refractivity (Wildman–Crippen MR) is 105 cm³/mol. The average molecular weight is 364 g/mol. The van der Waals surface area contributed by atoms with Crippen molar-refractivity contribution in [3.8, 4) is 5.75 Å². The minimum atomic E-state index is -0.346. The zero-order valence-electron chi connectivity index (χ0n) is 14.9. The number of nitrogens with zero attached hydrogens (tertiary/aromatic N) is 1. The molecule has 0 saturated heterocycles. The van der Waals surface area contributed by atoms with Crippen molar-refractivity contribution < 1.29 is 14.3 Å². The molecule has 138 valence electrons. The summed E-state index contributed by atoms with van der Waals surface area (Å²) in [5, 5.41) is 9.10. The van der Waals surface area contributed by atoms with Crippen molar-refractivity contribution in [1.29, 1.82) is 0 Å². The van der Waals surface area contributed by atoms with Crippen LogP contribution in [0.15, 0.2) is 60.8 Å². The third kappa shape index (κ3) is 5.43.